The molecule has 4 rings (SSSR count). The lowest BCUT2D eigenvalue weighted by atomic mass is 10.0. The average molecular weight is 423 g/mol. The van der Waals surface area contributed by atoms with Gasteiger partial charge in [-0.25, -0.2) is 4.98 Å². The minimum absolute atomic E-state index is 0.206. The quantitative estimate of drug-likeness (QED) is 0.342. The SMILES string of the molecule is FS(F)(F)(F)(F)c1ccc(Nc2ncccc2-c2ccc3ncccc3c2)cc1. The van der Waals surface area contributed by atoms with E-state index in [9.17, 15) is 19.4 Å². The molecule has 1 N–H and O–H groups in total. The van der Waals surface area contributed by atoms with E-state index < -0.39 is 15.1 Å². The van der Waals surface area contributed by atoms with Crippen molar-refractivity contribution in [3.8, 4) is 11.1 Å². The molecule has 29 heavy (non-hydrogen) atoms. The zero-order chi connectivity index (χ0) is 20.8. The van der Waals surface area contributed by atoms with Crippen molar-refractivity contribution in [3.05, 3.63) is 79.1 Å². The molecule has 0 aliphatic heterocycles. The number of pyridine rings is 2. The third kappa shape index (κ3) is 4.14. The fraction of sp³-hybridized carbons (Fsp3) is 0. The van der Waals surface area contributed by atoms with Crippen LogP contribution in [0.2, 0.25) is 0 Å². The predicted octanol–water partition coefficient (Wildman–Crippen LogP) is 7.70. The zero-order valence-electron chi connectivity index (χ0n) is 14.7. The van der Waals surface area contributed by atoms with Crippen molar-refractivity contribution in [2.45, 2.75) is 4.90 Å². The summed E-state index contributed by atoms with van der Waals surface area (Å²) < 4.78 is 64.4. The first-order valence-corrected chi connectivity index (χ1v) is 10.4. The molecule has 0 aliphatic rings. The van der Waals surface area contributed by atoms with Gasteiger partial charge >= 0.3 is 10.2 Å². The highest BCUT2D eigenvalue weighted by atomic mass is 32.5. The lowest BCUT2D eigenvalue weighted by Crippen LogP contribution is -2.06. The molecule has 2 aromatic carbocycles. The number of hydrogen-bond acceptors (Lipinski definition) is 3. The van der Waals surface area contributed by atoms with Gasteiger partial charge in [0.15, 0.2) is 0 Å². The van der Waals surface area contributed by atoms with Gasteiger partial charge < -0.3 is 5.32 Å². The number of aromatic nitrogens is 2. The molecule has 2 heterocycles. The summed E-state index contributed by atoms with van der Waals surface area (Å²) in [5.41, 5.74) is 2.55. The van der Waals surface area contributed by atoms with Gasteiger partial charge in [-0.05, 0) is 60.2 Å². The van der Waals surface area contributed by atoms with Crippen LogP contribution >= 0.6 is 10.2 Å². The van der Waals surface area contributed by atoms with Crippen molar-refractivity contribution in [2.75, 3.05) is 5.32 Å². The Balaban J connectivity index is 1.69. The summed E-state index contributed by atoms with van der Waals surface area (Å²) in [5, 5.41) is 3.81. The molecule has 0 amide bonds. The smallest absolute Gasteiger partial charge is 0.310 e. The summed E-state index contributed by atoms with van der Waals surface area (Å²) in [6.07, 6.45) is 3.21. The molecule has 0 saturated heterocycles. The van der Waals surface area contributed by atoms with E-state index in [0.29, 0.717) is 23.5 Å². The predicted molar refractivity (Wildman–Crippen MR) is 106 cm³/mol. The number of nitrogens with one attached hydrogen (secondary N) is 1. The summed E-state index contributed by atoms with van der Waals surface area (Å²) in [6.45, 7) is 0. The van der Waals surface area contributed by atoms with Gasteiger partial charge in [0.05, 0.1) is 5.52 Å². The maximum absolute atomic E-state index is 12.9. The Hall–Kier alpha value is -3.20. The Kier molecular flexibility index (Phi) is 3.89. The topological polar surface area (TPSA) is 37.8 Å². The van der Waals surface area contributed by atoms with E-state index in [1.165, 1.54) is 6.20 Å². The van der Waals surface area contributed by atoms with Crippen LogP contribution in [0.4, 0.5) is 30.9 Å². The number of rotatable bonds is 4. The Labute approximate surface area is 163 Å². The molecule has 150 valence electrons. The van der Waals surface area contributed by atoms with E-state index in [2.05, 4.69) is 15.3 Å². The van der Waals surface area contributed by atoms with Crippen LogP contribution in [0.3, 0.4) is 0 Å². The van der Waals surface area contributed by atoms with Crippen LogP contribution in [0, 0.1) is 0 Å². The lowest BCUT2D eigenvalue weighted by Gasteiger charge is -2.40. The molecule has 0 spiro atoms. The average Bonchev–Trinajstić information content (AvgIpc) is 2.67. The van der Waals surface area contributed by atoms with Crippen molar-refractivity contribution in [2.24, 2.45) is 0 Å². The first kappa shape index (κ1) is 19.1. The number of fused-ring (bicyclic) bond motifs is 1. The minimum Gasteiger partial charge on any atom is -0.340 e. The summed E-state index contributed by atoms with van der Waals surface area (Å²) in [5.74, 6) is 0.385. The van der Waals surface area contributed by atoms with Crippen molar-refractivity contribution in [1.82, 2.24) is 9.97 Å². The maximum Gasteiger partial charge on any atom is 0.310 e. The molecule has 2 aromatic heterocycles. The van der Waals surface area contributed by atoms with Gasteiger partial charge in [0.25, 0.3) is 0 Å². The highest BCUT2D eigenvalue weighted by Crippen LogP contribution is 3.02. The van der Waals surface area contributed by atoms with E-state index in [0.717, 1.165) is 28.6 Å². The maximum atomic E-state index is 12.9. The fourth-order valence-electron chi connectivity index (χ4n) is 2.91. The highest BCUT2D eigenvalue weighted by Gasteiger charge is 2.65. The van der Waals surface area contributed by atoms with Gasteiger partial charge in [0, 0.05) is 29.0 Å². The van der Waals surface area contributed by atoms with Crippen LogP contribution in [0.15, 0.2) is 84.0 Å². The third-order valence-corrected chi connectivity index (χ3v) is 5.45. The Morgan fingerprint density at radius 2 is 1.41 bits per heavy atom. The van der Waals surface area contributed by atoms with Gasteiger partial charge in [-0.1, -0.05) is 31.6 Å². The second-order valence-corrected chi connectivity index (χ2v) is 8.84. The molecule has 0 atom stereocenters. The number of anilines is 2. The molecule has 0 saturated carbocycles. The van der Waals surface area contributed by atoms with Crippen LogP contribution in [-0.4, -0.2) is 9.97 Å². The summed E-state index contributed by atoms with van der Waals surface area (Å²) in [4.78, 5) is 6.57. The molecule has 9 heteroatoms. The summed E-state index contributed by atoms with van der Waals surface area (Å²) in [7, 11) is -9.70. The van der Waals surface area contributed by atoms with Crippen molar-refractivity contribution >= 4 is 32.6 Å². The van der Waals surface area contributed by atoms with Gasteiger partial charge in [0.1, 0.15) is 10.7 Å². The van der Waals surface area contributed by atoms with Crippen LogP contribution in [0.5, 0.6) is 0 Å². The molecule has 0 unspecified atom stereocenters. The highest BCUT2D eigenvalue weighted by molar-refractivity contribution is 8.45. The molecule has 0 radical (unpaired) electrons. The first-order chi connectivity index (χ1) is 13.5. The molecule has 3 nitrogen and oxygen atoms in total. The van der Waals surface area contributed by atoms with Crippen molar-refractivity contribution in [3.63, 3.8) is 0 Å². The molecular formula is C20H14F5N3S. The second kappa shape index (κ2) is 5.90. The Bertz CT molecular complexity index is 1210. The standard InChI is InChI=1S/C20H14F5N3S/c21-29(22,23,24,25)17-8-6-16(7-9-17)28-20-18(4-2-12-27-20)14-5-10-19-15(13-14)3-1-11-26-19/h1-13H,(H,27,28). The number of benzene rings is 2. The molecule has 0 aliphatic carbocycles. The minimum atomic E-state index is -9.70. The van der Waals surface area contributed by atoms with Gasteiger partial charge in [-0.15, -0.1) is 0 Å². The molecular weight excluding hydrogens is 409 g/mol. The van der Waals surface area contributed by atoms with Crippen LogP contribution in [0.1, 0.15) is 0 Å². The van der Waals surface area contributed by atoms with Crippen LogP contribution in [-0.2, 0) is 0 Å². The number of nitrogens with zero attached hydrogens (tertiary/aromatic N) is 2. The largest absolute Gasteiger partial charge is 0.340 e. The number of hydrogen-bond donors (Lipinski definition) is 1. The van der Waals surface area contributed by atoms with Crippen LogP contribution < -0.4 is 5.32 Å². The molecule has 4 aromatic rings. The van der Waals surface area contributed by atoms with Crippen molar-refractivity contribution in [1.29, 1.82) is 0 Å². The van der Waals surface area contributed by atoms with Crippen molar-refractivity contribution < 1.29 is 19.4 Å². The second-order valence-electron chi connectivity index (χ2n) is 6.43. The van der Waals surface area contributed by atoms with Gasteiger partial charge in [-0.2, -0.15) is 0 Å². The zero-order valence-corrected chi connectivity index (χ0v) is 15.5. The monoisotopic (exact) mass is 423 g/mol. The normalized spacial score (nSPS) is 14.2. The third-order valence-electron chi connectivity index (χ3n) is 4.28. The van der Waals surface area contributed by atoms with Gasteiger partial charge in [0.2, 0.25) is 0 Å². The lowest BCUT2D eigenvalue weighted by molar-refractivity contribution is 0.364. The Morgan fingerprint density at radius 3 is 2.14 bits per heavy atom. The summed E-state index contributed by atoms with van der Waals surface area (Å²) in [6, 6.07) is 15.5. The van der Waals surface area contributed by atoms with E-state index >= 15 is 0 Å². The summed E-state index contributed by atoms with van der Waals surface area (Å²) >= 11 is 0. The van der Waals surface area contributed by atoms with E-state index in [-0.39, 0.29) is 5.69 Å². The fourth-order valence-corrected chi connectivity index (χ4v) is 3.56. The van der Waals surface area contributed by atoms with Crippen LogP contribution in [0.25, 0.3) is 22.0 Å². The van der Waals surface area contributed by atoms with E-state index in [1.54, 1.807) is 18.3 Å². The first-order valence-electron chi connectivity index (χ1n) is 8.41. The van der Waals surface area contributed by atoms with Gasteiger partial charge in [-0.3, -0.25) is 4.98 Å². The molecule has 0 bridgehead atoms. The Morgan fingerprint density at radius 1 is 0.724 bits per heavy atom. The number of halogens is 5. The molecule has 0 fully saturated rings. The van der Waals surface area contributed by atoms with E-state index in [1.807, 2.05) is 30.3 Å². The van der Waals surface area contributed by atoms with E-state index in [4.69, 9.17) is 0 Å².